The molecule has 0 saturated heterocycles. The number of benzene rings is 2. The summed E-state index contributed by atoms with van der Waals surface area (Å²) >= 11 is 0. The van der Waals surface area contributed by atoms with E-state index in [0.717, 1.165) is 68.1 Å². The monoisotopic (exact) mass is 530 g/mol. The highest BCUT2D eigenvalue weighted by Gasteiger charge is 2.23. The van der Waals surface area contributed by atoms with Crippen LogP contribution in [-0.2, 0) is 12.8 Å². The van der Waals surface area contributed by atoms with Crippen molar-refractivity contribution >= 4 is 24.8 Å². The third-order valence-corrected chi connectivity index (χ3v) is 6.38. The van der Waals surface area contributed by atoms with E-state index < -0.39 is 6.10 Å². The van der Waals surface area contributed by atoms with Gasteiger partial charge in [-0.05, 0) is 80.4 Å². The number of ether oxygens (including phenoxy) is 4. The molecule has 0 fully saturated rings. The molecule has 1 unspecified atom stereocenters. The zero-order valence-corrected chi connectivity index (χ0v) is 23.0. The largest absolute Gasteiger partial charge is 0.493 e. The number of hydrogen-bond donors (Lipinski definition) is 1. The van der Waals surface area contributed by atoms with Crippen LogP contribution < -0.4 is 18.9 Å². The van der Waals surface area contributed by atoms with Gasteiger partial charge in [0.2, 0.25) is 0 Å². The molecule has 7 nitrogen and oxygen atoms in total. The lowest BCUT2D eigenvalue weighted by Crippen LogP contribution is -2.32. The lowest BCUT2D eigenvalue weighted by molar-refractivity contribution is 0.117. The number of likely N-dealkylation sites (N-methyl/N-ethyl adjacent to an activating group) is 1. The lowest BCUT2D eigenvalue weighted by Gasteiger charge is -2.24. The molecule has 0 amide bonds. The minimum absolute atomic E-state index is 0. The Kier molecular flexibility index (Phi) is 13.6. The zero-order chi connectivity index (χ0) is 23.8. The molecule has 198 valence electrons. The fourth-order valence-corrected chi connectivity index (χ4v) is 4.41. The summed E-state index contributed by atoms with van der Waals surface area (Å²) in [4.78, 5) is 4.71. The second-order valence-corrected chi connectivity index (χ2v) is 8.57. The van der Waals surface area contributed by atoms with Crippen molar-refractivity contribution in [3.63, 3.8) is 0 Å². The molecule has 0 aromatic heterocycles. The topological polar surface area (TPSA) is 63.6 Å². The van der Waals surface area contributed by atoms with Crippen LogP contribution >= 0.6 is 24.8 Å². The van der Waals surface area contributed by atoms with Crippen LogP contribution in [0.4, 0.5) is 0 Å². The molecule has 1 atom stereocenters. The van der Waals surface area contributed by atoms with Gasteiger partial charge in [-0.2, -0.15) is 0 Å². The number of methoxy groups -OCH3 is 4. The van der Waals surface area contributed by atoms with Gasteiger partial charge < -0.3 is 33.9 Å². The number of fused-ring (bicyclic) bond motifs is 1. The number of aliphatic hydroxyl groups is 1. The van der Waals surface area contributed by atoms with Crippen LogP contribution in [0, 0.1) is 0 Å². The number of hydrogen-bond acceptors (Lipinski definition) is 7. The van der Waals surface area contributed by atoms with Gasteiger partial charge in [-0.15, -0.1) is 24.8 Å². The zero-order valence-electron chi connectivity index (χ0n) is 21.4. The van der Waals surface area contributed by atoms with E-state index in [1.807, 2.05) is 24.3 Å². The molecule has 1 heterocycles. The van der Waals surface area contributed by atoms with Gasteiger partial charge in [0.05, 0.1) is 34.5 Å². The molecule has 2 aromatic carbocycles. The molecule has 0 bridgehead atoms. The quantitative estimate of drug-likeness (QED) is 0.470. The highest BCUT2D eigenvalue weighted by atomic mass is 35.5. The molecule has 0 radical (unpaired) electrons. The third-order valence-electron chi connectivity index (χ3n) is 6.38. The first-order valence-electron chi connectivity index (χ1n) is 11.5. The number of halogens is 2. The Morgan fingerprint density at radius 3 is 2.17 bits per heavy atom. The molecule has 1 N–H and O–H groups in total. The smallest absolute Gasteiger partial charge is 0.161 e. The van der Waals surface area contributed by atoms with Gasteiger partial charge in [-0.3, -0.25) is 0 Å². The van der Waals surface area contributed by atoms with E-state index >= 15 is 0 Å². The first kappa shape index (κ1) is 31.1. The summed E-state index contributed by atoms with van der Waals surface area (Å²) in [7, 11) is 8.75. The Labute approximate surface area is 222 Å². The van der Waals surface area contributed by atoms with Crippen molar-refractivity contribution < 1.29 is 24.1 Å². The summed E-state index contributed by atoms with van der Waals surface area (Å²) in [6, 6.07) is 10.0. The van der Waals surface area contributed by atoms with Crippen LogP contribution in [0.2, 0.25) is 0 Å². The Morgan fingerprint density at radius 1 is 0.886 bits per heavy atom. The lowest BCUT2D eigenvalue weighted by atomic mass is 10.0. The third kappa shape index (κ3) is 8.33. The maximum Gasteiger partial charge on any atom is 0.161 e. The molecule has 0 spiro atoms. The van der Waals surface area contributed by atoms with Crippen molar-refractivity contribution in [3.8, 4) is 23.0 Å². The van der Waals surface area contributed by atoms with Crippen molar-refractivity contribution in [3.05, 3.63) is 47.0 Å². The predicted octanol–water partition coefficient (Wildman–Crippen LogP) is 4.02. The molecule has 0 aliphatic carbocycles. The fourth-order valence-electron chi connectivity index (χ4n) is 4.41. The summed E-state index contributed by atoms with van der Waals surface area (Å²) in [6.45, 7) is 4.50. The molecular formula is C26H40Cl2N2O5. The first-order chi connectivity index (χ1) is 16.0. The van der Waals surface area contributed by atoms with E-state index in [9.17, 15) is 5.11 Å². The van der Waals surface area contributed by atoms with Crippen molar-refractivity contribution in [2.45, 2.75) is 25.4 Å². The highest BCUT2D eigenvalue weighted by Crippen LogP contribution is 2.35. The molecule has 9 heteroatoms. The second-order valence-electron chi connectivity index (χ2n) is 8.57. The number of β-amino-alcohol motifs (C(OH)–C–C–N with tert-alkyl or cyclic N) is 1. The summed E-state index contributed by atoms with van der Waals surface area (Å²) in [5.74, 6) is 2.91. The van der Waals surface area contributed by atoms with Crippen LogP contribution in [0.5, 0.6) is 23.0 Å². The van der Waals surface area contributed by atoms with Gasteiger partial charge >= 0.3 is 0 Å². The van der Waals surface area contributed by atoms with Gasteiger partial charge in [0.1, 0.15) is 0 Å². The van der Waals surface area contributed by atoms with Crippen molar-refractivity contribution in [2.75, 3.05) is 68.2 Å². The van der Waals surface area contributed by atoms with E-state index in [1.165, 1.54) is 5.56 Å². The van der Waals surface area contributed by atoms with Gasteiger partial charge in [-0.25, -0.2) is 0 Å². The average molecular weight is 532 g/mol. The minimum Gasteiger partial charge on any atom is -0.493 e. The fraction of sp³-hybridized carbons (Fsp3) is 0.538. The Balaban J connectivity index is 0.00000306. The Morgan fingerprint density at radius 2 is 1.51 bits per heavy atom. The highest BCUT2D eigenvalue weighted by molar-refractivity contribution is 5.85. The first-order valence-corrected chi connectivity index (χ1v) is 11.5. The normalized spacial score (nSPS) is 15.3. The number of rotatable bonds is 11. The van der Waals surface area contributed by atoms with Crippen LogP contribution in [0.15, 0.2) is 30.3 Å². The second kappa shape index (κ2) is 15.3. The SMILES string of the molecule is COc1ccc(CCN(C)CCCN2CCc3cc(OC)c(OC)cc3C(O)C2)cc1OC.Cl.Cl. The van der Waals surface area contributed by atoms with Crippen molar-refractivity contribution in [1.29, 1.82) is 0 Å². The van der Waals surface area contributed by atoms with Crippen LogP contribution in [0.25, 0.3) is 0 Å². The molecule has 1 aliphatic heterocycles. The maximum atomic E-state index is 10.8. The molecule has 0 saturated carbocycles. The van der Waals surface area contributed by atoms with E-state index in [4.69, 9.17) is 18.9 Å². The van der Waals surface area contributed by atoms with Gasteiger partial charge in [0.15, 0.2) is 23.0 Å². The Hall–Kier alpha value is -1.90. The summed E-state index contributed by atoms with van der Waals surface area (Å²) < 4.78 is 21.6. The predicted molar refractivity (Wildman–Crippen MR) is 145 cm³/mol. The minimum atomic E-state index is -0.523. The van der Waals surface area contributed by atoms with E-state index in [-0.39, 0.29) is 24.8 Å². The average Bonchev–Trinajstić information content (AvgIpc) is 2.99. The van der Waals surface area contributed by atoms with E-state index in [0.29, 0.717) is 18.0 Å². The number of aliphatic hydroxyl groups excluding tert-OH is 1. The van der Waals surface area contributed by atoms with Crippen molar-refractivity contribution in [2.24, 2.45) is 0 Å². The van der Waals surface area contributed by atoms with Crippen molar-refractivity contribution in [1.82, 2.24) is 9.80 Å². The van der Waals surface area contributed by atoms with Gasteiger partial charge in [0, 0.05) is 19.6 Å². The molecular weight excluding hydrogens is 491 g/mol. The molecule has 3 rings (SSSR count). The van der Waals surface area contributed by atoms with Crippen LogP contribution in [-0.4, -0.2) is 83.1 Å². The molecule has 35 heavy (non-hydrogen) atoms. The summed E-state index contributed by atoms with van der Waals surface area (Å²) in [5, 5.41) is 10.8. The number of nitrogens with zero attached hydrogens (tertiary/aromatic N) is 2. The summed E-state index contributed by atoms with van der Waals surface area (Å²) in [5.41, 5.74) is 3.32. The van der Waals surface area contributed by atoms with Gasteiger partial charge in [0.25, 0.3) is 0 Å². The van der Waals surface area contributed by atoms with E-state index in [2.05, 4.69) is 22.9 Å². The van der Waals surface area contributed by atoms with Crippen LogP contribution in [0.3, 0.4) is 0 Å². The van der Waals surface area contributed by atoms with Gasteiger partial charge in [-0.1, -0.05) is 6.07 Å². The molecule has 1 aliphatic rings. The van der Waals surface area contributed by atoms with E-state index in [1.54, 1.807) is 28.4 Å². The summed E-state index contributed by atoms with van der Waals surface area (Å²) in [6.07, 6.45) is 2.38. The van der Waals surface area contributed by atoms with Crippen LogP contribution in [0.1, 0.15) is 29.2 Å². The Bertz CT molecular complexity index is 916. The maximum absolute atomic E-state index is 10.8. The molecule has 2 aromatic rings. The standard InChI is InChI=1S/C26H38N2O5.2ClH/c1-27(13-9-19-7-8-23(30-2)24(15-19)31-3)11-6-12-28-14-10-20-16-25(32-4)26(33-5)17-21(20)22(29)18-28;;/h7-8,15-17,22,29H,6,9-14,18H2,1-5H3;2*1H.